The Morgan fingerprint density at radius 2 is 1.76 bits per heavy atom. The third kappa shape index (κ3) is 5.49. The summed E-state index contributed by atoms with van der Waals surface area (Å²) in [5, 5.41) is 10.9. The van der Waals surface area contributed by atoms with Crippen molar-refractivity contribution in [3.63, 3.8) is 0 Å². The van der Waals surface area contributed by atoms with Gasteiger partial charge in [0.2, 0.25) is 10.0 Å². The number of hydrogen-bond acceptors (Lipinski definition) is 5. The van der Waals surface area contributed by atoms with Gasteiger partial charge in [0.1, 0.15) is 5.82 Å². The van der Waals surface area contributed by atoms with E-state index < -0.39 is 10.0 Å². The van der Waals surface area contributed by atoms with Crippen LogP contribution in [0.2, 0.25) is 0 Å². The van der Waals surface area contributed by atoms with Gasteiger partial charge in [0, 0.05) is 13.1 Å². The standard InChI is InChI=1S/C14H18N4O2S/c1-12-7-8-14(18-17-12)15-9-10-16-21(19,20)11-13-5-3-2-4-6-13/h2-8,16H,9-11H2,1H3,(H,15,18). The minimum Gasteiger partial charge on any atom is -0.367 e. The molecule has 0 aliphatic carbocycles. The van der Waals surface area contributed by atoms with Crippen LogP contribution in [-0.4, -0.2) is 31.7 Å². The number of sulfonamides is 1. The molecule has 2 rings (SSSR count). The second-order valence-corrected chi connectivity index (χ2v) is 6.43. The van der Waals surface area contributed by atoms with Crippen LogP contribution >= 0.6 is 0 Å². The lowest BCUT2D eigenvalue weighted by Crippen LogP contribution is -2.30. The summed E-state index contributed by atoms with van der Waals surface area (Å²) in [6.07, 6.45) is 0. The van der Waals surface area contributed by atoms with E-state index in [4.69, 9.17) is 0 Å². The first-order valence-corrected chi connectivity index (χ1v) is 8.26. The zero-order valence-corrected chi connectivity index (χ0v) is 12.6. The summed E-state index contributed by atoms with van der Waals surface area (Å²) in [5.74, 6) is 0.612. The molecule has 0 aliphatic heterocycles. The van der Waals surface area contributed by atoms with Crippen LogP contribution < -0.4 is 10.0 Å². The lowest BCUT2D eigenvalue weighted by molar-refractivity contribution is 0.582. The van der Waals surface area contributed by atoms with Gasteiger partial charge in [-0.15, -0.1) is 5.10 Å². The van der Waals surface area contributed by atoms with E-state index in [9.17, 15) is 8.42 Å². The molecule has 0 spiro atoms. The number of benzene rings is 1. The molecule has 0 fully saturated rings. The van der Waals surface area contributed by atoms with E-state index in [1.807, 2.05) is 31.2 Å². The normalized spacial score (nSPS) is 11.3. The first-order valence-electron chi connectivity index (χ1n) is 6.61. The number of nitrogens with zero attached hydrogens (tertiary/aromatic N) is 2. The molecule has 0 saturated carbocycles. The Labute approximate surface area is 124 Å². The zero-order chi connectivity index (χ0) is 15.1. The van der Waals surface area contributed by atoms with Gasteiger partial charge < -0.3 is 5.32 Å². The number of rotatable bonds is 7. The first-order chi connectivity index (χ1) is 10.1. The summed E-state index contributed by atoms with van der Waals surface area (Å²) in [5.41, 5.74) is 1.60. The van der Waals surface area contributed by atoms with Crippen molar-refractivity contribution in [2.24, 2.45) is 0 Å². The molecule has 1 aromatic carbocycles. The molecule has 0 radical (unpaired) electrons. The van der Waals surface area contributed by atoms with Gasteiger partial charge in [-0.3, -0.25) is 0 Å². The van der Waals surface area contributed by atoms with Gasteiger partial charge in [-0.2, -0.15) is 5.10 Å². The summed E-state index contributed by atoms with van der Waals surface area (Å²) in [7, 11) is -3.32. The second-order valence-electron chi connectivity index (χ2n) is 4.63. The number of aromatic nitrogens is 2. The maximum absolute atomic E-state index is 11.9. The van der Waals surface area contributed by atoms with E-state index in [-0.39, 0.29) is 5.75 Å². The van der Waals surface area contributed by atoms with Crippen LogP contribution in [0.3, 0.4) is 0 Å². The quantitative estimate of drug-likeness (QED) is 0.754. The molecule has 2 N–H and O–H groups in total. The third-order valence-electron chi connectivity index (χ3n) is 2.75. The van der Waals surface area contributed by atoms with Crippen molar-refractivity contribution in [3.8, 4) is 0 Å². The Bertz CT molecular complexity index is 657. The van der Waals surface area contributed by atoms with Crippen molar-refractivity contribution >= 4 is 15.8 Å². The van der Waals surface area contributed by atoms with Crippen molar-refractivity contribution in [3.05, 3.63) is 53.7 Å². The molecule has 112 valence electrons. The topological polar surface area (TPSA) is 84.0 Å². The number of anilines is 1. The highest BCUT2D eigenvalue weighted by Gasteiger charge is 2.10. The smallest absolute Gasteiger partial charge is 0.215 e. The highest BCUT2D eigenvalue weighted by Crippen LogP contribution is 2.04. The van der Waals surface area contributed by atoms with Gasteiger partial charge in [-0.1, -0.05) is 30.3 Å². The molecule has 0 amide bonds. The van der Waals surface area contributed by atoms with Crippen molar-refractivity contribution in [1.82, 2.24) is 14.9 Å². The Hall–Kier alpha value is -1.99. The van der Waals surface area contributed by atoms with Crippen molar-refractivity contribution in [1.29, 1.82) is 0 Å². The Kier molecular flexibility index (Phi) is 5.24. The maximum Gasteiger partial charge on any atom is 0.215 e. The van der Waals surface area contributed by atoms with E-state index in [1.165, 1.54) is 0 Å². The fourth-order valence-corrected chi connectivity index (χ4v) is 2.88. The number of nitrogens with one attached hydrogen (secondary N) is 2. The summed E-state index contributed by atoms with van der Waals surface area (Å²) in [6.45, 7) is 2.60. The number of aryl methyl sites for hydroxylation is 1. The molecular weight excluding hydrogens is 288 g/mol. The zero-order valence-electron chi connectivity index (χ0n) is 11.8. The Balaban J connectivity index is 1.76. The van der Waals surface area contributed by atoms with Gasteiger partial charge in [-0.25, -0.2) is 13.1 Å². The molecule has 0 saturated heterocycles. The third-order valence-corrected chi connectivity index (χ3v) is 4.11. The lowest BCUT2D eigenvalue weighted by Gasteiger charge is -2.08. The van der Waals surface area contributed by atoms with Crippen LogP contribution in [0.1, 0.15) is 11.3 Å². The minimum atomic E-state index is -3.32. The summed E-state index contributed by atoms with van der Waals surface area (Å²) >= 11 is 0. The molecule has 0 aliphatic rings. The van der Waals surface area contributed by atoms with Gasteiger partial charge >= 0.3 is 0 Å². The van der Waals surface area contributed by atoms with Crippen molar-refractivity contribution in [2.75, 3.05) is 18.4 Å². The fraction of sp³-hybridized carbons (Fsp3) is 0.286. The van der Waals surface area contributed by atoms with Crippen LogP contribution in [0, 0.1) is 6.92 Å². The van der Waals surface area contributed by atoms with Crippen LogP contribution in [0.4, 0.5) is 5.82 Å². The average molecular weight is 306 g/mol. The van der Waals surface area contributed by atoms with Gasteiger partial charge in [0.15, 0.2) is 0 Å². The van der Waals surface area contributed by atoms with Gasteiger partial charge in [0.05, 0.1) is 11.4 Å². The Morgan fingerprint density at radius 3 is 2.43 bits per heavy atom. The van der Waals surface area contributed by atoms with E-state index in [2.05, 4.69) is 20.2 Å². The van der Waals surface area contributed by atoms with Gasteiger partial charge in [0.25, 0.3) is 0 Å². The van der Waals surface area contributed by atoms with Crippen LogP contribution in [0.5, 0.6) is 0 Å². The predicted molar refractivity (Wildman–Crippen MR) is 82.3 cm³/mol. The van der Waals surface area contributed by atoms with Gasteiger partial charge in [-0.05, 0) is 24.6 Å². The van der Waals surface area contributed by atoms with E-state index in [0.29, 0.717) is 18.9 Å². The van der Waals surface area contributed by atoms with Crippen molar-refractivity contribution < 1.29 is 8.42 Å². The molecule has 6 nitrogen and oxygen atoms in total. The second kappa shape index (κ2) is 7.14. The minimum absolute atomic E-state index is 0.0157. The van der Waals surface area contributed by atoms with E-state index in [0.717, 1.165) is 11.3 Å². The summed E-state index contributed by atoms with van der Waals surface area (Å²) in [6, 6.07) is 12.7. The molecule has 0 bridgehead atoms. The highest BCUT2D eigenvalue weighted by molar-refractivity contribution is 7.88. The first kappa shape index (κ1) is 15.4. The van der Waals surface area contributed by atoms with Crippen molar-refractivity contribution in [2.45, 2.75) is 12.7 Å². The summed E-state index contributed by atoms with van der Waals surface area (Å²) < 4.78 is 26.3. The van der Waals surface area contributed by atoms with Crippen LogP contribution in [-0.2, 0) is 15.8 Å². The fourth-order valence-electron chi connectivity index (χ4n) is 1.74. The molecule has 2 aromatic rings. The maximum atomic E-state index is 11.9. The van der Waals surface area contributed by atoms with Crippen LogP contribution in [0.15, 0.2) is 42.5 Å². The monoisotopic (exact) mass is 306 g/mol. The predicted octanol–water partition coefficient (Wildman–Crippen LogP) is 1.32. The van der Waals surface area contributed by atoms with E-state index in [1.54, 1.807) is 18.2 Å². The molecule has 7 heteroatoms. The molecule has 1 aromatic heterocycles. The van der Waals surface area contributed by atoms with Crippen LogP contribution in [0.25, 0.3) is 0 Å². The largest absolute Gasteiger partial charge is 0.367 e. The molecule has 0 atom stereocenters. The Morgan fingerprint density at radius 1 is 1.00 bits per heavy atom. The molecular formula is C14H18N4O2S. The number of hydrogen-bond donors (Lipinski definition) is 2. The average Bonchev–Trinajstić information content (AvgIpc) is 2.46. The highest BCUT2D eigenvalue weighted by atomic mass is 32.2. The summed E-state index contributed by atoms with van der Waals surface area (Å²) in [4.78, 5) is 0. The molecule has 0 unspecified atom stereocenters. The molecule has 1 heterocycles. The lowest BCUT2D eigenvalue weighted by atomic mass is 10.2. The molecule has 21 heavy (non-hydrogen) atoms. The SMILES string of the molecule is Cc1ccc(NCCNS(=O)(=O)Cc2ccccc2)nn1. The van der Waals surface area contributed by atoms with E-state index >= 15 is 0 Å².